The van der Waals surface area contributed by atoms with Gasteiger partial charge in [0.1, 0.15) is 22.8 Å². The summed E-state index contributed by atoms with van der Waals surface area (Å²) < 4.78 is 46.5. The van der Waals surface area contributed by atoms with Crippen LogP contribution in [0.1, 0.15) is 29.9 Å². The summed E-state index contributed by atoms with van der Waals surface area (Å²) in [6.07, 6.45) is -1.06. The third kappa shape index (κ3) is 3.49. The Labute approximate surface area is 190 Å². The van der Waals surface area contributed by atoms with E-state index in [1.165, 1.54) is 11.3 Å². The quantitative estimate of drug-likeness (QED) is 0.570. The maximum Gasteiger partial charge on any atom is 0.451 e. The van der Waals surface area contributed by atoms with Crippen LogP contribution in [-0.2, 0) is 30.4 Å². The second-order valence-corrected chi connectivity index (χ2v) is 9.56. The Morgan fingerprint density at radius 1 is 1.15 bits per heavy atom. The number of aliphatic imine (C=N–C) groups is 1. The molecule has 2 atom stereocenters. The molecule has 0 radical (unpaired) electrons. The van der Waals surface area contributed by atoms with Crippen LogP contribution in [0.2, 0.25) is 0 Å². The summed E-state index contributed by atoms with van der Waals surface area (Å²) in [7, 11) is 0. The molecule has 13 heteroatoms. The van der Waals surface area contributed by atoms with E-state index in [1.807, 2.05) is 4.90 Å². The Morgan fingerprint density at radius 2 is 2.03 bits per heavy atom. The SMILES string of the molecule is CCCc1cc2c(N3CCn4c(nnc4C(F)(F)F)C3)nc(N3CC4N=COC4C3)nc2s1. The molecule has 0 saturated carbocycles. The van der Waals surface area contributed by atoms with Crippen molar-refractivity contribution in [2.45, 2.75) is 51.2 Å². The van der Waals surface area contributed by atoms with Crippen LogP contribution in [-0.4, -0.2) is 62.9 Å². The molecule has 0 spiro atoms. The van der Waals surface area contributed by atoms with Gasteiger partial charge in [-0.1, -0.05) is 13.3 Å². The van der Waals surface area contributed by atoms with Gasteiger partial charge in [0.25, 0.3) is 0 Å². The molecule has 3 aromatic rings. The average molecular weight is 479 g/mol. The van der Waals surface area contributed by atoms with Gasteiger partial charge in [-0.25, -0.2) is 9.98 Å². The summed E-state index contributed by atoms with van der Waals surface area (Å²) in [5.41, 5.74) is 0. The summed E-state index contributed by atoms with van der Waals surface area (Å²) in [6.45, 7) is 4.15. The largest absolute Gasteiger partial charge is 0.476 e. The molecule has 174 valence electrons. The van der Waals surface area contributed by atoms with Crippen molar-refractivity contribution in [1.29, 1.82) is 0 Å². The molecule has 0 N–H and O–H groups in total. The van der Waals surface area contributed by atoms with Crippen LogP contribution in [0.15, 0.2) is 11.1 Å². The molecule has 2 unspecified atom stereocenters. The first kappa shape index (κ1) is 20.6. The summed E-state index contributed by atoms with van der Waals surface area (Å²) in [4.78, 5) is 20.2. The lowest BCUT2D eigenvalue weighted by Crippen LogP contribution is -2.36. The van der Waals surface area contributed by atoms with E-state index in [1.54, 1.807) is 11.3 Å². The fourth-order valence-electron chi connectivity index (χ4n) is 4.63. The fourth-order valence-corrected chi connectivity index (χ4v) is 5.75. The van der Waals surface area contributed by atoms with Crippen molar-refractivity contribution in [2.24, 2.45) is 4.99 Å². The van der Waals surface area contributed by atoms with Crippen LogP contribution < -0.4 is 9.80 Å². The summed E-state index contributed by atoms with van der Waals surface area (Å²) in [5.74, 6) is 0.649. The molecule has 3 aromatic heterocycles. The van der Waals surface area contributed by atoms with E-state index >= 15 is 0 Å². The first-order valence-electron chi connectivity index (χ1n) is 10.9. The molecule has 9 nitrogen and oxygen atoms in total. The first-order valence-corrected chi connectivity index (χ1v) is 11.7. The normalized spacial score (nSPS) is 22.2. The standard InChI is InChI=1S/C20H21F3N8OS/c1-2-3-11-6-12-16(29-4-5-31-15(9-29)27-28-18(31)20(21,22)23)25-19(26-17(12)33-11)30-7-13-14(8-30)32-10-24-13/h6,10,13-14H,2-5,7-9H2,1H3. The van der Waals surface area contributed by atoms with Crippen molar-refractivity contribution in [1.82, 2.24) is 24.7 Å². The highest BCUT2D eigenvalue weighted by Gasteiger charge is 2.40. The van der Waals surface area contributed by atoms with E-state index in [0.717, 1.165) is 33.4 Å². The van der Waals surface area contributed by atoms with Gasteiger partial charge in [-0.3, -0.25) is 0 Å². The number of fused-ring (bicyclic) bond motifs is 3. The molecule has 0 aromatic carbocycles. The Kier molecular flexibility index (Phi) is 4.71. The molecule has 3 aliphatic heterocycles. The van der Waals surface area contributed by atoms with Crippen molar-refractivity contribution in [2.75, 3.05) is 29.4 Å². The topological polar surface area (TPSA) is 84.6 Å². The monoisotopic (exact) mass is 478 g/mol. The van der Waals surface area contributed by atoms with E-state index in [-0.39, 0.29) is 31.1 Å². The number of alkyl halides is 3. The second-order valence-electron chi connectivity index (χ2n) is 8.44. The van der Waals surface area contributed by atoms with E-state index in [0.29, 0.717) is 25.6 Å². The van der Waals surface area contributed by atoms with Gasteiger partial charge in [-0.05, 0) is 12.5 Å². The highest BCUT2D eigenvalue weighted by Crippen LogP contribution is 2.37. The number of rotatable bonds is 4. The van der Waals surface area contributed by atoms with Crippen molar-refractivity contribution >= 4 is 39.7 Å². The molecule has 1 saturated heterocycles. The van der Waals surface area contributed by atoms with Gasteiger partial charge in [0, 0.05) is 24.5 Å². The van der Waals surface area contributed by atoms with Crippen LogP contribution in [0.25, 0.3) is 10.2 Å². The summed E-state index contributed by atoms with van der Waals surface area (Å²) >= 11 is 1.64. The maximum atomic E-state index is 13.3. The van der Waals surface area contributed by atoms with Crippen LogP contribution in [0.4, 0.5) is 24.9 Å². The van der Waals surface area contributed by atoms with Gasteiger partial charge in [-0.15, -0.1) is 21.5 Å². The smallest absolute Gasteiger partial charge is 0.451 e. The van der Waals surface area contributed by atoms with Gasteiger partial charge in [0.15, 0.2) is 12.2 Å². The number of aromatic nitrogens is 5. The molecular formula is C20H21F3N8OS. The zero-order valence-electron chi connectivity index (χ0n) is 17.8. The third-order valence-electron chi connectivity index (χ3n) is 6.22. The predicted octanol–water partition coefficient (Wildman–Crippen LogP) is 2.89. The van der Waals surface area contributed by atoms with E-state index in [4.69, 9.17) is 14.7 Å². The van der Waals surface area contributed by atoms with Crippen LogP contribution in [0.5, 0.6) is 0 Å². The van der Waals surface area contributed by atoms with Gasteiger partial charge in [0.05, 0.1) is 18.5 Å². The van der Waals surface area contributed by atoms with E-state index in [9.17, 15) is 13.2 Å². The molecule has 0 amide bonds. The number of ether oxygens (including phenoxy) is 1. The molecule has 0 bridgehead atoms. The Balaban J connectivity index is 1.38. The number of aryl methyl sites for hydroxylation is 1. The Morgan fingerprint density at radius 3 is 2.82 bits per heavy atom. The number of halogens is 3. The molecule has 33 heavy (non-hydrogen) atoms. The Hall–Kier alpha value is -2.96. The second kappa shape index (κ2) is 7.54. The fraction of sp³-hybridized carbons (Fsp3) is 0.550. The number of hydrogen-bond acceptors (Lipinski definition) is 9. The van der Waals surface area contributed by atoms with E-state index in [2.05, 4.69) is 33.1 Å². The van der Waals surface area contributed by atoms with Crippen LogP contribution in [0, 0.1) is 0 Å². The first-order chi connectivity index (χ1) is 15.9. The van der Waals surface area contributed by atoms with Crippen molar-refractivity contribution in [3.8, 4) is 0 Å². The van der Waals surface area contributed by atoms with Gasteiger partial charge in [-0.2, -0.15) is 18.2 Å². The minimum Gasteiger partial charge on any atom is -0.476 e. The lowest BCUT2D eigenvalue weighted by Gasteiger charge is -2.30. The third-order valence-corrected chi connectivity index (χ3v) is 7.31. The number of nitrogens with zero attached hydrogens (tertiary/aromatic N) is 8. The minimum atomic E-state index is -4.52. The number of hydrogen-bond donors (Lipinski definition) is 0. The molecule has 6 heterocycles. The summed E-state index contributed by atoms with van der Waals surface area (Å²) in [6, 6.07) is 2.18. The zero-order chi connectivity index (χ0) is 22.7. The highest BCUT2D eigenvalue weighted by molar-refractivity contribution is 7.18. The molecule has 3 aliphatic rings. The van der Waals surface area contributed by atoms with Crippen LogP contribution in [0.3, 0.4) is 0 Å². The molecule has 0 aliphatic carbocycles. The van der Waals surface area contributed by atoms with Gasteiger partial charge in [0.2, 0.25) is 11.8 Å². The minimum absolute atomic E-state index is 0.000984. The van der Waals surface area contributed by atoms with Crippen molar-refractivity contribution < 1.29 is 17.9 Å². The summed E-state index contributed by atoms with van der Waals surface area (Å²) in [5, 5.41) is 8.14. The Bertz CT molecular complexity index is 1240. The number of thiophene rings is 1. The van der Waals surface area contributed by atoms with Crippen LogP contribution >= 0.6 is 11.3 Å². The zero-order valence-corrected chi connectivity index (χ0v) is 18.6. The maximum absolute atomic E-state index is 13.3. The predicted molar refractivity (Wildman–Crippen MR) is 117 cm³/mol. The lowest BCUT2D eigenvalue weighted by atomic mass is 10.2. The molecule has 1 fully saturated rings. The average Bonchev–Trinajstić information content (AvgIpc) is 3.53. The van der Waals surface area contributed by atoms with E-state index < -0.39 is 12.0 Å². The highest BCUT2D eigenvalue weighted by atomic mass is 32.1. The molecular weight excluding hydrogens is 457 g/mol. The van der Waals surface area contributed by atoms with Gasteiger partial charge < -0.3 is 19.1 Å². The lowest BCUT2D eigenvalue weighted by molar-refractivity contribution is -0.147. The van der Waals surface area contributed by atoms with Gasteiger partial charge >= 0.3 is 6.18 Å². The van der Waals surface area contributed by atoms with Crippen molar-refractivity contribution in [3.63, 3.8) is 0 Å². The van der Waals surface area contributed by atoms with Crippen molar-refractivity contribution in [3.05, 3.63) is 22.6 Å². The molecule has 6 rings (SSSR count). The number of anilines is 2.